The number of methoxy groups -OCH3 is 1. The van der Waals surface area contributed by atoms with E-state index in [0.717, 1.165) is 42.6 Å². The van der Waals surface area contributed by atoms with E-state index in [1.807, 2.05) is 36.4 Å². The predicted octanol–water partition coefficient (Wildman–Crippen LogP) is 3.59. The van der Waals surface area contributed by atoms with Crippen LogP contribution in [0.4, 0.5) is 0 Å². The predicted molar refractivity (Wildman–Crippen MR) is 122 cm³/mol. The fraction of sp³-hybridized carbons (Fsp3) is 0.481. The first-order chi connectivity index (χ1) is 15.9. The van der Waals surface area contributed by atoms with Crippen LogP contribution in [0.2, 0.25) is 0 Å². The van der Waals surface area contributed by atoms with Crippen LogP contribution in [0.5, 0.6) is 5.75 Å². The van der Waals surface area contributed by atoms with Gasteiger partial charge in [-0.05, 0) is 66.8 Å². The van der Waals surface area contributed by atoms with Crippen molar-refractivity contribution in [2.45, 2.75) is 56.7 Å². The zero-order valence-corrected chi connectivity index (χ0v) is 19.3. The van der Waals surface area contributed by atoms with E-state index in [9.17, 15) is 14.7 Å². The number of fused-ring (bicyclic) bond motifs is 1. The van der Waals surface area contributed by atoms with E-state index >= 15 is 0 Å². The number of ether oxygens (including phenoxy) is 2. The maximum atomic E-state index is 14.0. The van der Waals surface area contributed by atoms with Gasteiger partial charge in [0.1, 0.15) is 5.75 Å². The Balaban J connectivity index is 1.69. The molecular weight excluding hydrogens is 418 g/mol. The number of likely N-dealkylation sites (tertiary alicyclic amines) is 1. The quantitative estimate of drug-likeness (QED) is 0.558. The molecule has 6 heteroatoms. The minimum atomic E-state index is -2.15. The van der Waals surface area contributed by atoms with Gasteiger partial charge in [0.2, 0.25) is 5.60 Å². The molecular formula is C27H31NO5. The van der Waals surface area contributed by atoms with Gasteiger partial charge >= 0.3 is 5.97 Å². The zero-order valence-electron chi connectivity index (χ0n) is 19.3. The van der Waals surface area contributed by atoms with Crippen molar-refractivity contribution in [2.75, 3.05) is 13.7 Å². The van der Waals surface area contributed by atoms with Crippen LogP contribution in [0.15, 0.2) is 48.5 Å². The maximum Gasteiger partial charge on any atom is 0.348 e. The lowest BCUT2D eigenvalue weighted by atomic mass is 9.52. The van der Waals surface area contributed by atoms with Crippen LogP contribution in [0.1, 0.15) is 49.3 Å². The Morgan fingerprint density at radius 1 is 1.21 bits per heavy atom. The van der Waals surface area contributed by atoms with Gasteiger partial charge in [-0.25, -0.2) is 4.79 Å². The molecule has 33 heavy (non-hydrogen) atoms. The summed E-state index contributed by atoms with van der Waals surface area (Å²) in [7, 11) is 1.66. The smallest absolute Gasteiger partial charge is 0.348 e. The van der Waals surface area contributed by atoms with Crippen LogP contribution in [-0.4, -0.2) is 41.2 Å². The van der Waals surface area contributed by atoms with Crippen LogP contribution in [0, 0.1) is 11.8 Å². The van der Waals surface area contributed by atoms with Gasteiger partial charge in [-0.1, -0.05) is 42.8 Å². The number of benzene rings is 2. The normalized spacial score (nSPS) is 30.3. The molecule has 0 radical (unpaired) electrons. The van der Waals surface area contributed by atoms with E-state index in [-0.39, 0.29) is 24.9 Å². The Bertz CT molecular complexity index is 1070. The third-order valence-corrected chi connectivity index (χ3v) is 7.97. The fourth-order valence-corrected chi connectivity index (χ4v) is 6.59. The molecule has 2 aliphatic carbocycles. The molecule has 3 unspecified atom stereocenters. The molecule has 6 nitrogen and oxygen atoms in total. The second-order valence-corrected chi connectivity index (χ2v) is 9.57. The molecule has 1 aliphatic heterocycles. The van der Waals surface area contributed by atoms with Crippen molar-refractivity contribution in [2.24, 2.45) is 11.8 Å². The van der Waals surface area contributed by atoms with Gasteiger partial charge in [0.15, 0.2) is 0 Å². The van der Waals surface area contributed by atoms with Crippen LogP contribution < -0.4 is 4.74 Å². The van der Waals surface area contributed by atoms with Gasteiger partial charge in [-0.2, -0.15) is 0 Å². The van der Waals surface area contributed by atoms with Crippen molar-refractivity contribution in [3.05, 3.63) is 65.2 Å². The van der Waals surface area contributed by atoms with Crippen molar-refractivity contribution in [3.8, 4) is 5.75 Å². The molecule has 174 valence electrons. The summed E-state index contributed by atoms with van der Waals surface area (Å²) in [5.74, 6) is -0.332. The molecule has 1 N–H and O–H groups in total. The van der Waals surface area contributed by atoms with Gasteiger partial charge in [-0.15, -0.1) is 0 Å². The summed E-state index contributed by atoms with van der Waals surface area (Å²) in [5.41, 5.74) is 0.574. The second kappa shape index (κ2) is 8.17. The number of esters is 1. The molecule has 4 atom stereocenters. The number of nitrogens with zero attached hydrogens (tertiary/aromatic N) is 1. The maximum absolute atomic E-state index is 14.0. The first-order valence-electron chi connectivity index (χ1n) is 11.9. The largest absolute Gasteiger partial charge is 0.497 e. The first kappa shape index (κ1) is 22.0. The van der Waals surface area contributed by atoms with Crippen molar-refractivity contribution in [1.29, 1.82) is 0 Å². The topological polar surface area (TPSA) is 76.1 Å². The number of amides is 1. The number of hydrogen-bond donors (Lipinski definition) is 1. The Kier molecular flexibility index (Phi) is 5.44. The summed E-state index contributed by atoms with van der Waals surface area (Å²) >= 11 is 0. The molecule has 1 heterocycles. The standard InChI is InChI=1S/C27H31NO5/c1-3-33-25(30)27(31)16-23-19-10-7-13-26(23,22-12-11-21(32-2)15-20(22)14-19)28(24(27)29)17-18-8-5-4-6-9-18/h4-6,8-9,11-12,15,19,23,31H,3,7,10,13-14,16-17H2,1-2H3/t19?,23?,26?,27-/m0/s1. The number of aliphatic hydroxyl groups is 1. The van der Waals surface area contributed by atoms with Crippen LogP contribution in [-0.2, 0) is 32.8 Å². The zero-order chi connectivity index (χ0) is 23.2. The average molecular weight is 450 g/mol. The summed E-state index contributed by atoms with van der Waals surface area (Å²) in [6, 6.07) is 15.9. The molecule has 0 spiro atoms. The van der Waals surface area contributed by atoms with Gasteiger partial charge < -0.3 is 19.5 Å². The number of carbonyl (C=O) groups is 2. The van der Waals surface area contributed by atoms with Crippen molar-refractivity contribution in [3.63, 3.8) is 0 Å². The molecule has 1 saturated heterocycles. The minimum Gasteiger partial charge on any atom is -0.497 e. The molecule has 1 saturated carbocycles. The molecule has 0 aromatic heterocycles. The summed E-state index contributed by atoms with van der Waals surface area (Å²) in [5, 5.41) is 11.5. The summed E-state index contributed by atoms with van der Waals surface area (Å²) in [4.78, 5) is 28.7. The Morgan fingerprint density at radius 3 is 2.73 bits per heavy atom. The third kappa shape index (κ3) is 3.26. The highest BCUT2D eigenvalue weighted by molar-refractivity contribution is 6.07. The second-order valence-electron chi connectivity index (χ2n) is 9.57. The van der Waals surface area contributed by atoms with E-state index < -0.39 is 23.0 Å². The lowest BCUT2D eigenvalue weighted by Gasteiger charge is -2.62. The third-order valence-electron chi connectivity index (χ3n) is 7.97. The number of carbonyl (C=O) groups excluding carboxylic acids is 2. The van der Waals surface area contributed by atoms with Crippen LogP contribution in [0.25, 0.3) is 0 Å². The monoisotopic (exact) mass is 449 g/mol. The highest BCUT2D eigenvalue weighted by atomic mass is 16.6. The number of rotatable bonds is 5. The lowest BCUT2D eigenvalue weighted by molar-refractivity contribution is -0.203. The summed E-state index contributed by atoms with van der Waals surface area (Å²) < 4.78 is 10.7. The number of piperidine rings is 1. The summed E-state index contributed by atoms with van der Waals surface area (Å²) in [6.45, 7) is 2.14. The lowest BCUT2D eigenvalue weighted by Crippen LogP contribution is -2.71. The SMILES string of the molecule is CCOC(=O)[C@]1(O)CC2C3CCCC2(c2ccc(OC)cc2C3)N(Cc2ccccc2)C1=O. The fourth-order valence-electron chi connectivity index (χ4n) is 6.59. The average Bonchev–Trinajstić information content (AvgIpc) is 2.82. The Hall–Kier alpha value is -2.86. The van der Waals surface area contributed by atoms with E-state index in [0.29, 0.717) is 6.54 Å². The number of hydrogen-bond acceptors (Lipinski definition) is 5. The van der Waals surface area contributed by atoms with E-state index in [4.69, 9.17) is 9.47 Å². The molecule has 2 fully saturated rings. The molecule has 1 amide bonds. The van der Waals surface area contributed by atoms with E-state index in [1.54, 1.807) is 18.9 Å². The van der Waals surface area contributed by atoms with Crippen LogP contribution in [0.3, 0.4) is 0 Å². The van der Waals surface area contributed by atoms with Gasteiger partial charge in [0.25, 0.3) is 5.91 Å². The van der Waals surface area contributed by atoms with Crippen molar-refractivity contribution < 1.29 is 24.2 Å². The first-order valence-corrected chi connectivity index (χ1v) is 11.9. The Morgan fingerprint density at radius 2 is 2.00 bits per heavy atom. The molecule has 2 bridgehead atoms. The molecule has 5 rings (SSSR count). The van der Waals surface area contributed by atoms with Gasteiger partial charge in [0, 0.05) is 13.0 Å². The minimum absolute atomic E-state index is 0.0250. The highest BCUT2D eigenvalue weighted by Gasteiger charge is 2.66. The summed E-state index contributed by atoms with van der Waals surface area (Å²) in [6.07, 6.45) is 3.78. The van der Waals surface area contributed by atoms with E-state index in [1.165, 1.54) is 5.56 Å². The molecule has 2 aromatic rings. The van der Waals surface area contributed by atoms with Crippen molar-refractivity contribution >= 4 is 11.9 Å². The Labute approximate surface area is 194 Å². The molecule has 3 aliphatic rings. The highest BCUT2D eigenvalue weighted by Crippen LogP contribution is 2.60. The van der Waals surface area contributed by atoms with Crippen molar-refractivity contribution in [1.82, 2.24) is 4.90 Å². The van der Waals surface area contributed by atoms with Gasteiger partial charge in [0.05, 0.1) is 19.3 Å². The molecule has 2 aromatic carbocycles. The van der Waals surface area contributed by atoms with Gasteiger partial charge in [-0.3, -0.25) is 4.79 Å². The van der Waals surface area contributed by atoms with E-state index in [2.05, 4.69) is 12.1 Å². The van der Waals surface area contributed by atoms with Crippen LogP contribution >= 0.6 is 0 Å².